The standard InChI is InChI=1S/C33H39N11S2/c1-24-6-12-29(13-7-24)42(20-18-30-36-38-32(45)43(30)34-22-25-8-14-27(15-9-25)40(2)3)21-19-31-37-39-33(46)44(31)35-23-26-10-16-28(17-11-26)41(4)5/h6-17,22-23H,18-21H2,1-5H3,(H,38,45)(H,39,46). The van der Waals surface area contributed by atoms with Crippen LogP contribution in [0.15, 0.2) is 83.0 Å². The Labute approximate surface area is 279 Å². The zero-order chi connectivity index (χ0) is 32.6. The van der Waals surface area contributed by atoms with Crippen molar-refractivity contribution in [1.82, 2.24) is 29.7 Å². The molecule has 0 saturated carbocycles. The van der Waals surface area contributed by atoms with Gasteiger partial charge >= 0.3 is 0 Å². The van der Waals surface area contributed by atoms with Crippen LogP contribution in [0.1, 0.15) is 28.3 Å². The minimum Gasteiger partial charge on any atom is -0.378 e. The molecule has 0 atom stereocenters. The van der Waals surface area contributed by atoms with Crippen LogP contribution in [0, 0.1) is 16.5 Å². The van der Waals surface area contributed by atoms with E-state index in [2.05, 4.69) is 101 Å². The predicted molar refractivity (Wildman–Crippen MR) is 193 cm³/mol. The Morgan fingerprint density at radius 2 is 1.02 bits per heavy atom. The molecule has 2 N–H and O–H groups in total. The summed E-state index contributed by atoms with van der Waals surface area (Å²) >= 11 is 11.0. The lowest BCUT2D eigenvalue weighted by atomic mass is 10.2. The molecule has 0 amide bonds. The summed E-state index contributed by atoms with van der Waals surface area (Å²) in [5, 5.41) is 24.1. The molecule has 0 aliphatic carbocycles. The van der Waals surface area contributed by atoms with Crippen LogP contribution in [0.25, 0.3) is 0 Å². The lowest BCUT2D eigenvalue weighted by Crippen LogP contribution is -2.29. The predicted octanol–water partition coefficient (Wildman–Crippen LogP) is 5.69. The molecule has 0 bridgehead atoms. The Hall–Kier alpha value is -4.88. The molecule has 0 spiro atoms. The monoisotopic (exact) mass is 653 g/mol. The first-order valence-corrected chi connectivity index (χ1v) is 15.8. The van der Waals surface area contributed by atoms with Crippen molar-refractivity contribution in [3.8, 4) is 0 Å². The molecule has 11 nitrogen and oxygen atoms in total. The molecule has 0 unspecified atom stereocenters. The van der Waals surface area contributed by atoms with Gasteiger partial charge in [0.15, 0.2) is 11.6 Å². The number of anilines is 3. The number of nitrogens with one attached hydrogen (secondary N) is 2. The van der Waals surface area contributed by atoms with Crippen molar-refractivity contribution in [2.24, 2.45) is 10.2 Å². The van der Waals surface area contributed by atoms with Gasteiger partial charge in [0.1, 0.15) is 0 Å². The zero-order valence-corrected chi connectivity index (χ0v) is 28.4. The van der Waals surface area contributed by atoms with Crippen LogP contribution in [0.2, 0.25) is 0 Å². The van der Waals surface area contributed by atoms with Crippen molar-refractivity contribution in [2.75, 3.05) is 56.0 Å². The lowest BCUT2D eigenvalue weighted by Gasteiger charge is -2.24. The summed E-state index contributed by atoms with van der Waals surface area (Å²) in [6, 6.07) is 24.9. The molecule has 0 aliphatic heterocycles. The van der Waals surface area contributed by atoms with E-state index in [0.29, 0.717) is 35.5 Å². The van der Waals surface area contributed by atoms with Gasteiger partial charge in [-0.15, -0.1) is 0 Å². The first-order chi connectivity index (χ1) is 22.2. The van der Waals surface area contributed by atoms with Crippen LogP contribution in [0.3, 0.4) is 0 Å². The van der Waals surface area contributed by atoms with E-state index in [9.17, 15) is 0 Å². The summed E-state index contributed by atoms with van der Waals surface area (Å²) < 4.78 is 4.27. The van der Waals surface area contributed by atoms with Gasteiger partial charge in [-0.3, -0.25) is 10.2 Å². The van der Waals surface area contributed by atoms with Crippen molar-refractivity contribution in [3.05, 3.63) is 111 Å². The van der Waals surface area contributed by atoms with Crippen molar-refractivity contribution in [2.45, 2.75) is 19.8 Å². The average Bonchev–Trinajstić information content (AvgIpc) is 3.59. The molecule has 0 aliphatic rings. The quantitative estimate of drug-likeness (QED) is 0.124. The highest BCUT2D eigenvalue weighted by Crippen LogP contribution is 2.18. The Morgan fingerprint density at radius 1 is 0.630 bits per heavy atom. The number of nitrogens with zero attached hydrogens (tertiary/aromatic N) is 9. The summed E-state index contributed by atoms with van der Waals surface area (Å²) in [5.41, 5.74) is 6.50. The molecule has 3 aromatic carbocycles. The Kier molecular flexibility index (Phi) is 10.6. The second-order valence-corrected chi connectivity index (χ2v) is 12.1. The third-order valence-electron chi connectivity index (χ3n) is 7.51. The second-order valence-electron chi connectivity index (χ2n) is 11.3. The average molecular weight is 654 g/mol. The normalized spacial score (nSPS) is 11.5. The fraction of sp³-hybridized carbons (Fsp3) is 0.273. The molecular weight excluding hydrogens is 615 g/mol. The largest absolute Gasteiger partial charge is 0.378 e. The lowest BCUT2D eigenvalue weighted by molar-refractivity contribution is 0.682. The van der Waals surface area contributed by atoms with Gasteiger partial charge in [0, 0.05) is 71.2 Å². The van der Waals surface area contributed by atoms with E-state index in [4.69, 9.17) is 24.4 Å². The minimum absolute atomic E-state index is 0.447. The SMILES string of the molecule is Cc1ccc(N(CCc2n[nH]c(=S)n2N=Cc2ccc(N(C)C)cc2)CCc2n[nH]c(=S)n2N=Cc2ccc(N(C)C)cc2)cc1. The molecule has 0 radical (unpaired) electrons. The van der Waals surface area contributed by atoms with Crippen LogP contribution >= 0.6 is 24.4 Å². The van der Waals surface area contributed by atoms with E-state index in [1.54, 1.807) is 21.8 Å². The Bertz CT molecular complexity index is 1780. The molecule has 13 heteroatoms. The first kappa shape index (κ1) is 32.5. The van der Waals surface area contributed by atoms with Crippen LogP contribution < -0.4 is 14.7 Å². The van der Waals surface area contributed by atoms with Crippen LogP contribution in [-0.2, 0) is 12.8 Å². The number of H-pyrrole nitrogens is 2. The minimum atomic E-state index is 0.447. The summed E-state index contributed by atoms with van der Waals surface area (Å²) in [6.07, 6.45) is 4.83. The Morgan fingerprint density at radius 3 is 1.41 bits per heavy atom. The maximum absolute atomic E-state index is 5.51. The van der Waals surface area contributed by atoms with Gasteiger partial charge in [-0.2, -0.15) is 29.8 Å². The van der Waals surface area contributed by atoms with E-state index in [1.807, 2.05) is 52.5 Å². The maximum Gasteiger partial charge on any atom is 0.216 e. The summed E-state index contributed by atoms with van der Waals surface area (Å²) in [4.78, 5) is 6.42. The molecule has 5 rings (SSSR count). The Balaban J connectivity index is 1.31. The van der Waals surface area contributed by atoms with Gasteiger partial charge in [0.2, 0.25) is 9.54 Å². The highest BCUT2D eigenvalue weighted by molar-refractivity contribution is 7.71. The van der Waals surface area contributed by atoms with E-state index in [1.165, 1.54) is 5.56 Å². The fourth-order valence-corrected chi connectivity index (χ4v) is 5.17. The third-order valence-corrected chi connectivity index (χ3v) is 8.04. The van der Waals surface area contributed by atoms with E-state index in [-0.39, 0.29) is 0 Å². The number of benzene rings is 3. The van der Waals surface area contributed by atoms with E-state index >= 15 is 0 Å². The highest BCUT2D eigenvalue weighted by Gasteiger charge is 2.14. The number of aromatic nitrogens is 6. The van der Waals surface area contributed by atoms with Gasteiger partial charge in [-0.25, -0.2) is 0 Å². The fourth-order valence-electron chi connectivity index (χ4n) is 4.77. The van der Waals surface area contributed by atoms with Gasteiger partial charge in [-0.05, 0) is 78.9 Å². The van der Waals surface area contributed by atoms with Crippen LogP contribution in [0.5, 0.6) is 0 Å². The smallest absolute Gasteiger partial charge is 0.216 e. The van der Waals surface area contributed by atoms with Gasteiger partial charge in [-0.1, -0.05) is 42.0 Å². The molecule has 2 heterocycles. The summed E-state index contributed by atoms with van der Waals surface area (Å²) in [7, 11) is 8.07. The molecule has 0 saturated heterocycles. The van der Waals surface area contributed by atoms with E-state index < -0.39 is 0 Å². The molecule has 2 aromatic heterocycles. The molecular formula is C33H39N11S2. The number of hydrogen-bond donors (Lipinski definition) is 2. The summed E-state index contributed by atoms with van der Waals surface area (Å²) in [5.74, 6) is 1.49. The number of rotatable bonds is 13. The van der Waals surface area contributed by atoms with Crippen LogP contribution in [-0.4, -0.2) is 83.5 Å². The van der Waals surface area contributed by atoms with E-state index in [0.717, 1.165) is 39.8 Å². The van der Waals surface area contributed by atoms with Crippen LogP contribution in [0.4, 0.5) is 17.1 Å². The number of aromatic amines is 2. The zero-order valence-electron chi connectivity index (χ0n) is 26.8. The van der Waals surface area contributed by atoms with Crippen molar-refractivity contribution >= 4 is 53.9 Å². The topological polar surface area (TPSA) is 102 Å². The highest BCUT2D eigenvalue weighted by atomic mass is 32.1. The van der Waals surface area contributed by atoms with Crippen molar-refractivity contribution in [3.63, 3.8) is 0 Å². The molecule has 46 heavy (non-hydrogen) atoms. The molecule has 0 fully saturated rings. The molecule has 5 aromatic rings. The van der Waals surface area contributed by atoms with Gasteiger partial charge in [0.25, 0.3) is 0 Å². The summed E-state index contributed by atoms with van der Waals surface area (Å²) in [6.45, 7) is 3.45. The number of hydrogen-bond acceptors (Lipinski definition) is 9. The molecule has 238 valence electrons. The van der Waals surface area contributed by atoms with Gasteiger partial charge < -0.3 is 14.7 Å². The van der Waals surface area contributed by atoms with Crippen molar-refractivity contribution < 1.29 is 0 Å². The maximum atomic E-state index is 5.51. The van der Waals surface area contributed by atoms with Crippen molar-refractivity contribution in [1.29, 1.82) is 0 Å². The number of aryl methyl sites for hydroxylation is 1. The first-order valence-electron chi connectivity index (χ1n) is 15.0. The van der Waals surface area contributed by atoms with Gasteiger partial charge in [0.05, 0.1) is 12.4 Å². The second kappa shape index (κ2) is 14.9. The third kappa shape index (κ3) is 8.23.